The second kappa shape index (κ2) is 3.71. The Morgan fingerprint density at radius 2 is 2.00 bits per heavy atom. The first-order chi connectivity index (χ1) is 6.88. The van der Waals surface area contributed by atoms with Crippen molar-refractivity contribution in [3.05, 3.63) is 0 Å². The van der Waals surface area contributed by atoms with Gasteiger partial charge in [-0.25, -0.2) is 0 Å². The smallest absolute Gasteiger partial charge is 0.0198 e. The Hall–Kier alpha value is 0.310. The van der Waals surface area contributed by atoms with Gasteiger partial charge < -0.3 is 5.32 Å². The van der Waals surface area contributed by atoms with Crippen LogP contribution in [-0.2, 0) is 0 Å². The van der Waals surface area contributed by atoms with Crippen LogP contribution in [0.4, 0.5) is 0 Å². The highest BCUT2D eigenvalue weighted by Crippen LogP contribution is 2.52. The van der Waals surface area contributed by atoms with Gasteiger partial charge in [-0.15, -0.1) is 0 Å². The summed E-state index contributed by atoms with van der Waals surface area (Å²) in [7, 11) is 0. The van der Waals surface area contributed by atoms with E-state index in [4.69, 9.17) is 0 Å². The standard InChI is InChI=1S/C12H21NS/c1-14-12-4-2-3-11(12)13-10-6-5-8-7-9(8)10/h8-13H,2-7H2,1H3. The lowest BCUT2D eigenvalue weighted by atomic mass is 10.1. The van der Waals surface area contributed by atoms with Gasteiger partial charge in [0.25, 0.3) is 0 Å². The van der Waals surface area contributed by atoms with Gasteiger partial charge in [0.05, 0.1) is 0 Å². The van der Waals surface area contributed by atoms with Crippen molar-refractivity contribution in [1.82, 2.24) is 5.32 Å². The fourth-order valence-corrected chi connectivity index (χ4v) is 4.53. The van der Waals surface area contributed by atoms with Crippen molar-refractivity contribution in [2.24, 2.45) is 11.8 Å². The summed E-state index contributed by atoms with van der Waals surface area (Å²) in [5.41, 5.74) is 0. The molecule has 0 bridgehead atoms. The van der Waals surface area contributed by atoms with E-state index in [2.05, 4.69) is 23.3 Å². The summed E-state index contributed by atoms with van der Waals surface area (Å²) in [6.45, 7) is 0. The van der Waals surface area contributed by atoms with Gasteiger partial charge in [0.2, 0.25) is 0 Å². The molecular formula is C12H21NS. The van der Waals surface area contributed by atoms with Gasteiger partial charge in [-0.05, 0) is 50.2 Å². The third-order valence-electron chi connectivity index (χ3n) is 4.53. The number of nitrogens with one attached hydrogen (secondary N) is 1. The zero-order chi connectivity index (χ0) is 9.54. The average molecular weight is 211 g/mol. The summed E-state index contributed by atoms with van der Waals surface area (Å²) in [6, 6.07) is 1.74. The van der Waals surface area contributed by atoms with Crippen LogP contribution in [0.5, 0.6) is 0 Å². The number of fused-ring (bicyclic) bond motifs is 1. The molecule has 5 unspecified atom stereocenters. The van der Waals surface area contributed by atoms with E-state index in [0.29, 0.717) is 0 Å². The molecule has 3 fully saturated rings. The topological polar surface area (TPSA) is 12.0 Å². The lowest BCUT2D eigenvalue weighted by Gasteiger charge is -2.24. The first-order valence-corrected chi connectivity index (χ1v) is 7.46. The predicted molar refractivity (Wildman–Crippen MR) is 62.7 cm³/mol. The van der Waals surface area contributed by atoms with Gasteiger partial charge in [0.1, 0.15) is 0 Å². The Kier molecular flexibility index (Phi) is 2.53. The molecule has 0 amide bonds. The van der Waals surface area contributed by atoms with Crippen LogP contribution in [0.2, 0.25) is 0 Å². The lowest BCUT2D eigenvalue weighted by Crippen LogP contribution is -2.41. The maximum Gasteiger partial charge on any atom is 0.0198 e. The molecule has 0 aromatic heterocycles. The lowest BCUT2D eigenvalue weighted by molar-refractivity contribution is 0.409. The Morgan fingerprint density at radius 1 is 1.07 bits per heavy atom. The average Bonchev–Trinajstić information content (AvgIpc) is 2.68. The highest BCUT2D eigenvalue weighted by molar-refractivity contribution is 7.99. The molecule has 3 saturated carbocycles. The van der Waals surface area contributed by atoms with E-state index in [-0.39, 0.29) is 0 Å². The van der Waals surface area contributed by atoms with Gasteiger partial charge in [0.15, 0.2) is 0 Å². The van der Waals surface area contributed by atoms with Gasteiger partial charge in [-0.1, -0.05) is 6.42 Å². The first-order valence-electron chi connectivity index (χ1n) is 6.17. The minimum absolute atomic E-state index is 0.842. The number of thioether (sulfide) groups is 1. The van der Waals surface area contributed by atoms with Gasteiger partial charge in [0, 0.05) is 17.3 Å². The zero-order valence-electron chi connectivity index (χ0n) is 9.04. The number of rotatable bonds is 3. The Balaban J connectivity index is 1.55. The summed E-state index contributed by atoms with van der Waals surface area (Å²) >= 11 is 2.08. The highest BCUT2D eigenvalue weighted by atomic mass is 32.2. The van der Waals surface area contributed by atoms with Crippen LogP contribution in [-0.4, -0.2) is 23.6 Å². The van der Waals surface area contributed by atoms with E-state index < -0.39 is 0 Å². The molecule has 14 heavy (non-hydrogen) atoms. The molecule has 0 radical (unpaired) electrons. The fraction of sp³-hybridized carbons (Fsp3) is 1.00. The van der Waals surface area contributed by atoms with E-state index in [0.717, 1.165) is 29.2 Å². The molecule has 1 nitrogen and oxygen atoms in total. The van der Waals surface area contributed by atoms with Crippen molar-refractivity contribution in [2.45, 2.75) is 55.9 Å². The molecule has 3 aliphatic carbocycles. The summed E-state index contributed by atoms with van der Waals surface area (Å²) < 4.78 is 0. The fourth-order valence-electron chi connectivity index (χ4n) is 3.58. The second-order valence-corrected chi connectivity index (χ2v) is 6.40. The molecule has 0 saturated heterocycles. The van der Waals surface area contributed by atoms with Crippen molar-refractivity contribution >= 4 is 11.8 Å². The van der Waals surface area contributed by atoms with Crippen LogP contribution >= 0.6 is 11.8 Å². The SMILES string of the molecule is CSC1CCCC1NC1CCC2CC21. The molecule has 5 atom stereocenters. The van der Waals surface area contributed by atoms with Gasteiger partial charge in [-0.2, -0.15) is 11.8 Å². The molecule has 1 N–H and O–H groups in total. The minimum atomic E-state index is 0.842. The maximum atomic E-state index is 3.95. The van der Waals surface area contributed by atoms with E-state index >= 15 is 0 Å². The van der Waals surface area contributed by atoms with Crippen LogP contribution in [0.3, 0.4) is 0 Å². The van der Waals surface area contributed by atoms with E-state index in [1.165, 1.54) is 38.5 Å². The van der Waals surface area contributed by atoms with Crippen LogP contribution in [0.1, 0.15) is 38.5 Å². The third-order valence-corrected chi connectivity index (χ3v) is 5.70. The minimum Gasteiger partial charge on any atom is -0.310 e. The normalized spacial score (nSPS) is 50.8. The van der Waals surface area contributed by atoms with Crippen molar-refractivity contribution in [2.75, 3.05) is 6.26 Å². The second-order valence-electron chi connectivity index (χ2n) is 5.32. The van der Waals surface area contributed by atoms with Crippen LogP contribution in [0.15, 0.2) is 0 Å². The molecule has 0 aromatic carbocycles. The molecule has 2 heteroatoms. The molecule has 0 aliphatic heterocycles. The Bertz CT molecular complexity index is 218. The molecule has 0 heterocycles. The monoisotopic (exact) mass is 211 g/mol. The molecule has 3 aliphatic rings. The summed E-state index contributed by atoms with van der Waals surface area (Å²) in [4.78, 5) is 0. The molecule has 0 spiro atoms. The quantitative estimate of drug-likeness (QED) is 0.770. The van der Waals surface area contributed by atoms with Gasteiger partial charge in [-0.3, -0.25) is 0 Å². The van der Waals surface area contributed by atoms with E-state index in [1.54, 1.807) is 0 Å². The molecule has 3 rings (SSSR count). The van der Waals surface area contributed by atoms with Crippen molar-refractivity contribution < 1.29 is 0 Å². The van der Waals surface area contributed by atoms with Crippen LogP contribution in [0, 0.1) is 11.8 Å². The van der Waals surface area contributed by atoms with Crippen LogP contribution < -0.4 is 5.32 Å². The van der Waals surface area contributed by atoms with E-state index in [1.807, 2.05) is 0 Å². The number of hydrogen-bond donors (Lipinski definition) is 1. The summed E-state index contributed by atoms with van der Waals surface area (Å²) in [5, 5.41) is 4.86. The highest BCUT2D eigenvalue weighted by Gasteiger charge is 2.48. The van der Waals surface area contributed by atoms with Crippen LogP contribution in [0.25, 0.3) is 0 Å². The maximum absolute atomic E-state index is 3.95. The zero-order valence-corrected chi connectivity index (χ0v) is 9.85. The van der Waals surface area contributed by atoms with Crippen molar-refractivity contribution in [1.29, 1.82) is 0 Å². The number of hydrogen-bond acceptors (Lipinski definition) is 2. The van der Waals surface area contributed by atoms with Crippen molar-refractivity contribution in [3.8, 4) is 0 Å². The molecular weight excluding hydrogens is 190 g/mol. The molecule has 0 aromatic rings. The third kappa shape index (κ3) is 1.61. The molecule has 80 valence electrons. The Morgan fingerprint density at radius 3 is 2.64 bits per heavy atom. The van der Waals surface area contributed by atoms with E-state index in [9.17, 15) is 0 Å². The largest absolute Gasteiger partial charge is 0.310 e. The Labute approximate surface area is 91.4 Å². The summed E-state index contributed by atoms with van der Waals surface area (Å²) in [6.07, 6.45) is 11.1. The predicted octanol–water partition coefficient (Wildman–Crippen LogP) is 2.66. The summed E-state index contributed by atoms with van der Waals surface area (Å²) in [5.74, 6) is 2.21. The van der Waals surface area contributed by atoms with Gasteiger partial charge >= 0.3 is 0 Å². The first kappa shape index (κ1) is 9.53. The van der Waals surface area contributed by atoms with Crippen molar-refractivity contribution in [3.63, 3.8) is 0 Å².